The number of hydrogen-bond acceptors (Lipinski definition) is 5. The van der Waals surface area contributed by atoms with Gasteiger partial charge in [0.2, 0.25) is 5.91 Å². The number of allylic oxidation sites excluding steroid dienone is 1. The van der Waals surface area contributed by atoms with Crippen molar-refractivity contribution in [3.63, 3.8) is 0 Å². The van der Waals surface area contributed by atoms with Crippen LogP contribution in [0.25, 0.3) is 0 Å². The minimum Gasteiger partial charge on any atom is -0.481 e. The van der Waals surface area contributed by atoms with E-state index in [0.717, 1.165) is 64.2 Å². The summed E-state index contributed by atoms with van der Waals surface area (Å²) in [6, 6.07) is 0.554. The smallest absolute Gasteiger partial charge is 0.309 e. The minimum absolute atomic E-state index is 0.0619. The van der Waals surface area contributed by atoms with Crippen LogP contribution in [0.1, 0.15) is 158 Å². The van der Waals surface area contributed by atoms with E-state index in [9.17, 15) is 19.5 Å². The molecule has 0 aromatic heterocycles. The molecule has 0 aromatic carbocycles. The van der Waals surface area contributed by atoms with Crippen LogP contribution in [0, 0.1) is 62.1 Å². The van der Waals surface area contributed by atoms with Crippen molar-refractivity contribution in [1.29, 1.82) is 0 Å². The van der Waals surface area contributed by atoms with E-state index < -0.39 is 17.4 Å². The zero-order valence-electron chi connectivity index (χ0n) is 32.8. The number of carbonyl (C=O) groups is 3. The molecule has 282 valence electrons. The second-order valence-electron chi connectivity index (χ2n) is 20.6. The molecule has 6 rings (SSSR count). The number of fused-ring (bicyclic) bond motifs is 7. The van der Waals surface area contributed by atoms with Crippen LogP contribution in [0.2, 0.25) is 0 Å². The molecule has 0 heterocycles. The maximum absolute atomic E-state index is 13.8. The van der Waals surface area contributed by atoms with Crippen LogP contribution in [-0.4, -0.2) is 41.1 Å². The lowest BCUT2D eigenvalue weighted by Gasteiger charge is -2.73. The molecule has 0 bridgehead atoms. The van der Waals surface area contributed by atoms with Crippen LogP contribution in [-0.2, 0) is 19.1 Å². The molecule has 2 unspecified atom stereocenters. The molecule has 0 saturated heterocycles. The van der Waals surface area contributed by atoms with Gasteiger partial charge in [-0.15, -0.1) is 0 Å². The summed E-state index contributed by atoms with van der Waals surface area (Å²) in [5.41, 5.74) is 6.76. The van der Waals surface area contributed by atoms with E-state index in [-0.39, 0.29) is 57.6 Å². The summed E-state index contributed by atoms with van der Waals surface area (Å²) in [7, 11) is 0. The van der Waals surface area contributed by atoms with Crippen LogP contribution in [0.3, 0.4) is 0 Å². The highest BCUT2D eigenvalue weighted by atomic mass is 16.5. The maximum atomic E-state index is 13.8. The molecule has 1 amide bonds. The quantitative estimate of drug-likeness (QED) is 0.173. The number of hydrogen-bond donors (Lipinski definition) is 3. The van der Waals surface area contributed by atoms with Crippen molar-refractivity contribution in [2.75, 3.05) is 0 Å². The lowest BCUT2D eigenvalue weighted by molar-refractivity contribution is -0.250. The van der Waals surface area contributed by atoms with Crippen LogP contribution in [0.4, 0.5) is 0 Å². The van der Waals surface area contributed by atoms with E-state index in [0.29, 0.717) is 36.0 Å². The van der Waals surface area contributed by atoms with Gasteiger partial charge in [0, 0.05) is 23.9 Å². The van der Waals surface area contributed by atoms with E-state index in [2.05, 4.69) is 53.4 Å². The summed E-state index contributed by atoms with van der Waals surface area (Å²) in [5.74, 6) is 1.51. The van der Waals surface area contributed by atoms with Crippen LogP contribution < -0.4 is 11.1 Å². The van der Waals surface area contributed by atoms with Gasteiger partial charge in [0.25, 0.3) is 0 Å². The molecule has 0 aromatic rings. The van der Waals surface area contributed by atoms with Gasteiger partial charge in [0.05, 0.1) is 11.8 Å². The normalized spacial score (nSPS) is 45.2. The monoisotopic (exact) mass is 695 g/mol. The fraction of sp³-hybridized carbons (Fsp3) is 0.884. The van der Waals surface area contributed by atoms with Gasteiger partial charge in [0.15, 0.2) is 0 Å². The molecule has 6 aliphatic rings. The molecule has 0 aliphatic heterocycles. The number of carbonyl (C=O) groups excluding carboxylic acids is 2. The van der Waals surface area contributed by atoms with Crippen molar-refractivity contribution in [1.82, 2.24) is 5.32 Å². The number of ether oxygens (including phenoxy) is 1. The topological polar surface area (TPSA) is 119 Å². The zero-order chi connectivity index (χ0) is 36.7. The minimum atomic E-state index is -1.14. The van der Waals surface area contributed by atoms with E-state index in [1.807, 2.05) is 0 Å². The Labute approximate surface area is 303 Å². The second kappa shape index (κ2) is 12.9. The number of esters is 1. The van der Waals surface area contributed by atoms with Gasteiger partial charge in [-0.25, -0.2) is 0 Å². The highest BCUT2D eigenvalue weighted by Gasteiger charge is 2.71. The van der Waals surface area contributed by atoms with E-state index in [1.165, 1.54) is 31.3 Å². The third kappa shape index (κ3) is 5.99. The first-order valence-electron chi connectivity index (χ1n) is 20.3. The summed E-state index contributed by atoms with van der Waals surface area (Å²) in [5, 5.41) is 13.1. The fourth-order valence-corrected chi connectivity index (χ4v) is 14.3. The lowest BCUT2D eigenvalue weighted by atomic mass is 9.32. The molecule has 6 fully saturated rings. The number of aliphatic carboxylic acids is 1. The molecule has 0 spiro atoms. The molecule has 4 N–H and O–H groups in total. The molecule has 7 heteroatoms. The number of carboxylic acid groups (broad SMARTS) is 1. The van der Waals surface area contributed by atoms with Crippen molar-refractivity contribution in [2.24, 2.45) is 67.8 Å². The number of amides is 1. The summed E-state index contributed by atoms with van der Waals surface area (Å²) < 4.78 is 6.18. The highest BCUT2D eigenvalue weighted by molar-refractivity contribution is 5.81. The van der Waals surface area contributed by atoms with Gasteiger partial charge >= 0.3 is 11.9 Å². The standard InChI is InChI=1S/C43H70N2O5/c1-26(2)29-16-21-43(24-34(46)45-28-12-10-27(44)11-13-28)23-22-41(8)30(36(29)43)14-15-32-40(7)19-18-33(50-35(47)25-38(3,4)37(48)49)39(5,6)31(40)17-20-42(32,41)9/h27-33,36H,1,10-25,44H2,2-9H3,(H,45,46)(H,48,49)/t27-,28-,29-,30?,31-,32+,33-,36+,40-,41?,42+,43+/m0/s1. The van der Waals surface area contributed by atoms with Crippen LogP contribution in [0.15, 0.2) is 12.2 Å². The SMILES string of the molecule is C=C(C)[C@@H]1CC[C@]2(CC(=O)N[C@H]3CC[C@H](N)CC3)CCC3(C)C(CC[C@@H]4[C@@]5(C)CC[C@H](OC(=O)CC(C)(C)C(=O)O)C(C)(C)[C@@H]5CC[C@]43C)[C@@H]12. The first kappa shape index (κ1) is 37.9. The number of carboxylic acids is 1. The molecular formula is C43H70N2O5. The molecule has 10 atom stereocenters. The average Bonchev–Trinajstić information content (AvgIpc) is 3.39. The summed E-state index contributed by atoms with van der Waals surface area (Å²) in [4.78, 5) is 38.6. The van der Waals surface area contributed by atoms with Crippen molar-refractivity contribution in [2.45, 2.75) is 176 Å². The van der Waals surface area contributed by atoms with E-state index in [4.69, 9.17) is 10.5 Å². The van der Waals surface area contributed by atoms with Gasteiger partial charge in [-0.05, 0) is 162 Å². The van der Waals surface area contributed by atoms with Crippen molar-refractivity contribution in [3.8, 4) is 0 Å². The summed E-state index contributed by atoms with van der Waals surface area (Å²) in [6.45, 7) is 22.5. The van der Waals surface area contributed by atoms with Gasteiger partial charge < -0.3 is 20.9 Å². The Hall–Kier alpha value is -1.89. The van der Waals surface area contributed by atoms with Gasteiger partial charge in [0.1, 0.15) is 6.10 Å². The molecular weight excluding hydrogens is 624 g/mol. The lowest BCUT2D eigenvalue weighted by Crippen LogP contribution is -2.67. The molecule has 6 aliphatic carbocycles. The van der Waals surface area contributed by atoms with Crippen molar-refractivity contribution < 1.29 is 24.2 Å². The van der Waals surface area contributed by atoms with Crippen molar-refractivity contribution >= 4 is 17.8 Å². The number of nitrogens with one attached hydrogen (secondary N) is 1. The first-order chi connectivity index (χ1) is 23.2. The first-order valence-corrected chi connectivity index (χ1v) is 20.3. The number of rotatable bonds is 8. The Kier molecular flexibility index (Phi) is 9.77. The Bertz CT molecular complexity index is 1360. The van der Waals surface area contributed by atoms with Crippen molar-refractivity contribution in [3.05, 3.63) is 12.2 Å². The predicted octanol–water partition coefficient (Wildman–Crippen LogP) is 8.83. The molecule has 50 heavy (non-hydrogen) atoms. The van der Waals surface area contributed by atoms with Gasteiger partial charge in [-0.3, -0.25) is 14.4 Å². The Balaban J connectivity index is 1.22. The second-order valence-corrected chi connectivity index (χ2v) is 20.6. The van der Waals surface area contributed by atoms with Gasteiger partial charge in [-0.1, -0.05) is 46.8 Å². The van der Waals surface area contributed by atoms with Gasteiger partial charge in [-0.2, -0.15) is 0 Å². The molecule has 0 radical (unpaired) electrons. The predicted molar refractivity (Wildman–Crippen MR) is 198 cm³/mol. The highest BCUT2D eigenvalue weighted by Crippen LogP contribution is 2.78. The van der Waals surface area contributed by atoms with Crippen LogP contribution >= 0.6 is 0 Å². The largest absolute Gasteiger partial charge is 0.481 e. The Morgan fingerprint density at radius 1 is 0.840 bits per heavy atom. The van der Waals surface area contributed by atoms with E-state index >= 15 is 0 Å². The Morgan fingerprint density at radius 3 is 2.16 bits per heavy atom. The fourth-order valence-electron chi connectivity index (χ4n) is 14.3. The van der Waals surface area contributed by atoms with Crippen LogP contribution in [0.5, 0.6) is 0 Å². The summed E-state index contributed by atoms with van der Waals surface area (Å²) in [6.07, 6.45) is 15.6. The number of nitrogens with two attached hydrogens (primary N) is 1. The third-order valence-electron chi connectivity index (χ3n) is 17.3. The molecule has 7 nitrogen and oxygen atoms in total. The Morgan fingerprint density at radius 2 is 1.52 bits per heavy atom. The van der Waals surface area contributed by atoms with E-state index in [1.54, 1.807) is 13.8 Å². The third-order valence-corrected chi connectivity index (χ3v) is 17.3. The summed E-state index contributed by atoms with van der Waals surface area (Å²) >= 11 is 0. The molecule has 6 saturated carbocycles. The average molecular weight is 695 g/mol. The maximum Gasteiger partial charge on any atom is 0.309 e. The zero-order valence-corrected chi connectivity index (χ0v) is 32.8.